The zero-order valence-electron chi connectivity index (χ0n) is 9.76. The summed E-state index contributed by atoms with van der Waals surface area (Å²) in [7, 11) is 0. The van der Waals surface area contributed by atoms with Gasteiger partial charge >= 0.3 is 5.97 Å². The predicted molar refractivity (Wildman–Crippen MR) is 72.5 cm³/mol. The highest BCUT2D eigenvalue weighted by atomic mass is 35.5. The van der Waals surface area contributed by atoms with Crippen LogP contribution in [0.25, 0.3) is 10.9 Å². The van der Waals surface area contributed by atoms with Crippen molar-refractivity contribution in [1.82, 2.24) is 9.97 Å². The molecule has 0 atom stereocenters. The van der Waals surface area contributed by atoms with Crippen LogP contribution in [0.3, 0.4) is 0 Å². The average Bonchev–Trinajstić information content (AvgIpc) is 2.86. The zero-order chi connectivity index (χ0) is 13.2. The number of carbonyl (C=O) groups excluding carboxylic acids is 1. The van der Waals surface area contributed by atoms with Gasteiger partial charge in [-0.25, -0.2) is 9.78 Å². The summed E-state index contributed by atoms with van der Waals surface area (Å²) in [5.74, 6) is -0.288. The lowest BCUT2D eigenvalue weighted by atomic mass is 10.1. The number of aromatic amines is 1. The van der Waals surface area contributed by atoms with E-state index in [9.17, 15) is 4.79 Å². The summed E-state index contributed by atoms with van der Waals surface area (Å²) in [6.45, 7) is 0. The van der Waals surface area contributed by atoms with Crippen LogP contribution >= 0.6 is 11.6 Å². The average molecular weight is 273 g/mol. The van der Waals surface area contributed by atoms with Gasteiger partial charge in [0.15, 0.2) is 0 Å². The number of nitrogens with zero attached hydrogens (tertiary/aromatic N) is 1. The van der Waals surface area contributed by atoms with Crippen molar-refractivity contribution in [1.29, 1.82) is 0 Å². The third-order valence-corrected chi connectivity index (χ3v) is 2.94. The van der Waals surface area contributed by atoms with E-state index in [0.717, 1.165) is 10.9 Å². The molecule has 0 spiro atoms. The smallest absolute Gasteiger partial charge is 0.347 e. The van der Waals surface area contributed by atoms with Crippen LogP contribution in [-0.4, -0.2) is 15.9 Å². The first-order valence-electron chi connectivity index (χ1n) is 5.64. The number of aromatic nitrogens is 2. The van der Waals surface area contributed by atoms with E-state index < -0.39 is 5.97 Å². The second kappa shape index (κ2) is 4.74. The number of fused-ring (bicyclic) bond motifs is 1. The van der Waals surface area contributed by atoms with Gasteiger partial charge in [-0.15, -0.1) is 0 Å². The van der Waals surface area contributed by atoms with Gasteiger partial charge in [0.2, 0.25) is 5.88 Å². The van der Waals surface area contributed by atoms with Crippen LogP contribution in [0.1, 0.15) is 10.4 Å². The first-order chi connectivity index (χ1) is 9.24. The van der Waals surface area contributed by atoms with Crippen molar-refractivity contribution in [3.63, 3.8) is 0 Å². The van der Waals surface area contributed by atoms with Crippen LogP contribution in [0.15, 0.2) is 48.8 Å². The second-order valence-electron chi connectivity index (χ2n) is 3.95. The predicted octanol–water partition coefficient (Wildman–Crippen LogP) is 3.44. The number of halogens is 1. The third-order valence-electron chi connectivity index (χ3n) is 2.70. The number of nitrogens with one attached hydrogen (secondary N) is 1. The summed E-state index contributed by atoms with van der Waals surface area (Å²) in [5.41, 5.74) is 1.21. The number of hydrogen-bond donors (Lipinski definition) is 1. The molecule has 1 aromatic carbocycles. The first kappa shape index (κ1) is 11.7. The fraction of sp³-hybridized carbons (Fsp3) is 0. The molecule has 0 unspecified atom stereocenters. The van der Waals surface area contributed by atoms with Gasteiger partial charge in [0.25, 0.3) is 0 Å². The summed E-state index contributed by atoms with van der Waals surface area (Å²) in [4.78, 5) is 19.1. The SMILES string of the molecule is O=C(Oc1cc(Cl)ccn1)c1cccc2cc[nH]c12. The Labute approximate surface area is 114 Å². The number of carbonyl (C=O) groups is 1. The van der Waals surface area contributed by atoms with Crippen molar-refractivity contribution in [3.8, 4) is 5.88 Å². The largest absolute Gasteiger partial charge is 0.404 e. The lowest BCUT2D eigenvalue weighted by Crippen LogP contribution is -2.09. The molecule has 0 aliphatic rings. The molecule has 0 radical (unpaired) electrons. The number of hydrogen-bond acceptors (Lipinski definition) is 3. The van der Waals surface area contributed by atoms with Crippen molar-refractivity contribution in [2.45, 2.75) is 0 Å². The standard InChI is InChI=1S/C14H9ClN2O2/c15-10-5-7-16-12(8-10)19-14(18)11-3-1-2-9-4-6-17-13(9)11/h1-8,17H. The van der Waals surface area contributed by atoms with Gasteiger partial charge in [0.1, 0.15) is 0 Å². The molecule has 0 fully saturated rings. The summed E-state index contributed by atoms with van der Waals surface area (Å²) < 4.78 is 5.20. The molecule has 0 aliphatic heterocycles. The summed E-state index contributed by atoms with van der Waals surface area (Å²) in [6, 6.07) is 10.4. The maximum absolute atomic E-state index is 12.1. The Kier molecular flexibility index (Phi) is 2.93. The number of esters is 1. The van der Waals surface area contributed by atoms with Gasteiger partial charge in [-0.1, -0.05) is 23.7 Å². The fourth-order valence-electron chi connectivity index (χ4n) is 1.85. The van der Waals surface area contributed by atoms with Crippen LogP contribution in [0.4, 0.5) is 0 Å². The monoisotopic (exact) mass is 272 g/mol. The Hall–Kier alpha value is -2.33. The Morgan fingerprint density at radius 2 is 2.16 bits per heavy atom. The zero-order valence-corrected chi connectivity index (χ0v) is 10.5. The molecule has 2 heterocycles. The van der Waals surface area contributed by atoms with Gasteiger partial charge in [-0.2, -0.15) is 0 Å². The Morgan fingerprint density at radius 3 is 3.00 bits per heavy atom. The maximum atomic E-state index is 12.1. The van der Waals surface area contributed by atoms with Crippen molar-refractivity contribution < 1.29 is 9.53 Å². The lowest BCUT2D eigenvalue weighted by molar-refractivity contribution is 0.0729. The summed E-state index contributed by atoms with van der Waals surface area (Å²) in [5, 5.41) is 1.42. The Balaban J connectivity index is 1.94. The number of ether oxygens (including phenoxy) is 1. The summed E-state index contributed by atoms with van der Waals surface area (Å²) in [6.07, 6.45) is 3.26. The molecule has 0 amide bonds. The molecular formula is C14H9ClN2O2. The van der Waals surface area contributed by atoms with Crippen LogP contribution in [0.5, 0.6) is 5.88 Å². The van der Waals surface area contributed by atoms with E-state index in [0.29, 0.717) is 10.6 Å². The minimum absolute atomic E-state index is 0.182. The van der Waals surface area contributed by atoms with Crippen LogP contribution in [0.2, 0.25) is 5.02 Å². The van der Waals surface area contributed by atoms with Crippen molar-refractivity contribution in [2.75, 3.05) is 0 Å². The van der Waals surface area contributed by atoms with Crippen molar-refractivity contribution >= 4 is 28.5 Å². The quantitative estimate of drug-likeness (QED) is 0.727. The van der Waals surface area contributed by atoms with E-state index in [1.54, 1.807) is 24.4 Å². The van der Waals surface area contributed by atoms with Crippen molar-refractivity contribution in [2.24, 2.45) is 0 Å². The van der Waals surface area contributed by atoms with Crippen LogP contribution in [-0.2, 0) is 0 Å². The van der Waals surface area contributed by atoms with Crippen molar-refractivity contribution in [3.05, 3.63) is 59.4 Å². The molecule has 1 N–H and O–H groups in total. The van der Waals surface area contributed by atoms with Crippen LogP contribution in [0, 0.1) is 0 Å². The fourth-order valence-corrected chi connectivity index (χ4v) is 2.00. The topological polar surface area (TPSA) is 55.0 Å². The molecule has 0 saturated heterocycles. The molecule has 3 aromatic rings. The number of H-pyrrole nitrogens is 1. The highest BCUT2D eigenvalue weighted by molar-refractivity contribution is 6.30. The molecule has 94 valence electrons. The Bertz CT molecular complexity index is 752. The van der Waals surface area contributed by atoms with Gasteiger partial charge in [-0.3, -0.25) is 0 Å². The van der Waals surface area contributed by atoms with Gasteiger partial charge in [0, 0.05) is 28.9 Å². The molecule has 5 heteroatoms. The van der Waals surface area contributed by atoms with E-state index in [4.69, 9.17) is 16.3 Å². The normalized spacial score (nSPS) is 10.6. The highest BCUT2D eigenvalue weighted by Crippen LogP contribution is 2.20. The second-order valence-corrected chi connectivity index (χ2v) is 4.39. The first-order valence-corrected chi connectivity index (χ1v) is 6.02. The highest BCUT2D eigenvalue weighted by Gasteiger charge is 2.13. The molecule has 19 heavy (non-hydrogen) atoms. The molecule has 0 bridgehead atoms. The minimum Gasteiger partial charge on any atom is -0.404 e. The van der Waals surface area contributed by atoms with E-state index in [-0.39, 0.29) is 5.88 Å². The maximum Gasteiger partial charge on any atom is 0.347 e. The number of para-hydroxylation sites is 1. The molecule has 2 aromatic heterocycles. The van der Waals surface area contributed by atoms with E-state index in [1.807, 2.05) is 12.1 Å². The van der Waals surface area contributed by atoms with Gasteiger partial charge in [-0.05, 0) is 18.2 Å². The number of pyridine rings is 1. The van der Waals surface area contributed by atoms with Gasteiger partial charge < -0.3 is 9.72 Å². The molecule has 3 rings (SSSR count). The molecule has 0 aliphatic carbocycles. The molecular weight excluding hydrogens is 264 g/mol. The van der Waals surface area contributed by atoms with E-state index in [2.05, 4.69) is 9.97 Å². The van der Waals surface area contributed by atoms with Crippen LogP contribution < -0.4 is 4.74 Å². The minimum atomic E-state index is -0.470. The molecule has 4 nitrogen and oxygen atoms in total. The van der Waals surface area contributed by atoms with E-state index in [1.165, 1.54) is 12.3 Å². The number of rotatable bonds is 2. The van der Waals surface area contributed by atoms with E-state index >= 15 is 0 Å². The third kappa shape index (κ3) is 2.30. The number of benzene rings is 1. The molecule has 0 saturated carbocycles. The van der Waals surface area contributed by atoms with Gasteiger partial charge in [0.05, 0.1) is 11.1 Å². The lowest BCUT2D eigenvalue weighted by Gasteiger charge is -2.04. The Morgan fingerprint density at radius 1 is 1.26 bits per heavy atom. The summed E-state index contributed by atoms with van der Waals surface area (Å²) >= 11 is 5.81.